The van der Waals surface area contributed by atoms with Gasteiger partial charge in [0.1, 0.15) is 0 Å². The van der Waals surface area contributed by atoms with Gasteiger partial charge < -0.3 is 4.89 Å². The summed E-state index contributed by atoms with van der Waals surface area (Å²) in [4.78, 5) is 7.91. The molecule has 5 heavy (non-hydrogen) atoms. The van der Waals surface area contributed by atoms with Crippen LogP contribution in [-0.2, 0) is 4.57 Å². The Hall–Kier alpha value is 0.190. The molecule has 0 aliphatic heterocycles. The van der Waals surface area contributed by atoms with Crippen LogP contribution in [0.4, 0.5) is 0 Å². The van der Waals surface area contributed by atoms with E-state index in [-0.39, 0.29) is 0 Å². The zero-order chi connectivity index (χ0) is 4.28. The number of rotatable bonds is 1. The van der Waals surface area contributed by atoms with Gasteiger partial charge in [-0.15, -0.1) is 0 Å². The monoisotopic (exact) mass is 94.0 g/mol. The van der Waals surface area contributed by atoms with Crippen molar-refractivity contribution in [1.82, 2.24) is 0 Å². The standard InChI is InChI=1S/C2H7O2P/c1-2-5(3)4/h5H,2H2,1H3,(H,3,4). The van der Waals surface area contributed by atoms with Crippen LogP contribution >= 0.6 is 8.03 Å². The first kappa shape index (κ1) is 5.19. The molecule has 0 aliphatic carbocycles. The SMILES string of the molecule is CC[PH](=O)O. The van der Waals surface area contributed by atoms with Crippen LogP contribution in [0.3, 0.4) is 0 Å². The molecule has 32 valence electrons. The quantitative estimate of drug-likeness (QED) is 0.479. The fourth-order valence-corrected chi connectivity index (χ4v) is 0. The molecular weight excluding hydrogens is 87.0 g/mol. The lowest BCUT2D eigenvalue weighted by Gasteiger charge is -1.74. The molecule has 0 amide bonds. The van der Waals surface area contributed by atoms with Gasteiger partial charge in [-0.1, -0.05) is 6.92 Å². The van der Waals surface area contributed by atoms with Crippen LogP contribution in [0.1, 0.15) is 6.92 Å². The molecule has 0 fully saturated rings. The normalized spacial score (nSPS) is 14.8. The van der Waals surface area contributed by atoms with E-state index in [1.54, 1.807) is 6.92 Å². The Morgan fingerprint density at radius 3 is 2.20 bits per heavy atom. The largest absolute Gasteiger partial charge is 0.346 e. The average molecular weight is 94.0 g/mol. The van der Waals surface area contributed by atoms with Gasteiger partial charge in [-0.25, -0.2) is 0 Å². The smallest absolute Gasteiger partial charge is 0.188 e. The molecule has 1 atom stereocenters. The third-order valence-electron chi connectivity index (χ3n) is 0.302. The van der Waals surface area contributed by atoms with Gasteiger partial charge in [0.05, 0.1) is 0 Å². The lowest BCUT2D eigenvalue weighted by atomic mass is 11.0. The van der Waals surface area contributed by atoms with Crippen molar-refractivity contribution in [1.29, 1.82) is 0 Å². The van der Waals surface area contributed by atoms with E-state index < -0.39 is 8.03 Å². The van der Waals surface area contributed by atoms with Crippen molar-refractivity contribution < 1.29 is 9.46 Å². The molecule has 0 aromatic heterocycles. The summed E-state index contributed by atoms with van der Waals surface area (Å²) in [6, 6.07) is 0. The molecule has 0 saturated heterocycles. The Labute approximate surface area is 31.7 Å². The molecule has 0 bridgehead atoms. The minimum Gasteiger partial charge on any atom is -0.346 e. The zero-order valence-corrected chi connectivity index (χ0v) is 4.06. The van der Waals surface area contributed by atoms with Gasteiger partial charge in [-0.05, 0) is 0 Å². The van der Waals surface area contributed by atoms with Gasteiger partial charge in [0.15, 0.2) is 8.03 Å². The van der Waals surface area contributed by atoms with Gasteiger partial charge in [0, 0.05) is 6.16 Å². The van der Waals surface area contributed by atoms with Crippen LogP contribution in [-0.4, -0.2) is 11.1 Å². The van der Waals surface area contributed by atoms with Crippen LogP contribution in [0.5, 0.6) is 0 Å². The minimum atomic E-state index is -2.12. The fourth-order valence-electron chi connectivity index (χ4n) is 0. The summed E-state index contributed by atoms with van der Waals surface area (Å²) in [5, 5.41) is 0. The molecule has 0 radical (unpaired) electrons. The van der Waals surface area contributed by atoms with Crippen molar-refractivity contribution in [2.75, 3.05) is 6.16 Å². The van der Waals surface area contributed by atoms with Crippen LogP contribution in [0.15, 0.2) is 0 Å². The molecule has 0 aliphatic rings. The molecule has 0 aromatic rings. The summed E-state index contributed by atoms with van der Waals surface area (Å²) < 4.78 is 9.55. The van der Waals surface area contributed by atoms with E-state index in [0.717, 1.165) is 0 Å². The maximum atomic E-state index is 9.55. The van der Waals surface area contributed by atoms with Crippen molar-refractivity contribution in [2.24, 2.45) is 0 Å². The molecule has 1 N–H and O–H groups in total. The Morgan fingerprint density at radius 1 is 2.00 bits per heavy atom. The first-order valence-electron chi connectivity index (χ1n) is 1.49. The van der Waals surface area contributed by atoms with E-state index in [1.807, 2.05) is 0 Å². The molecule has 3 heteroatoms. The lowest BCUT2D eigenvalue weighted by Crippen LogP contribution is -1.56. The van der Waals surface area contributed by atoms with Crippen molar-refractivity contribution in [3.63, 3.8) is 0 Å². The van der Waals surface area contributed by atoms with E-state index in [1.165, 1.54) is 0 Å². The van der Waals surface area contributed by atoms with Crippen molar-refractivity contribution in [3.05, 3.63) is 0 Å². The van der Waals surface area contributed by atoms with E-state index in [0.29, 0.717) is 6.16 Å². The van der Waals surface area contributed by atoms with E-state index in [9.17, 15) is 4.57 Å². The van der Waals surface area contributed by atoms with Crippen LogP contribution in [0.25, 0.3) is 0 Å². The zero-order valence-electron chi connectivity index (χ0n) is 3.06. The van der Waals surface area contributed by atoms with Crippen LogP contribution in [0, 0.1) is 0 Å². The van der Waals surface area contributed by atoms with Crippen LogP contribution < -0.4 is 0 Å². The van der Waals surface area contributed by atoms with E-state index in [4.69, 9.17) is 4.89 Å². The maximum Gasteiger partial charge on any atom is 0.188 e. The summed E-state index contributed by atoms with van der Waals surface area (Å²) in [5.41, 5.74) is 0. The highest BCUT2D eigenvalue weighted by molar-refractivity contribution is 7.37. The maximum absolute atomic E-state index is 9.55. The van der Waals surface area contributed by atoms with Gasteiger partial charge in [-0.3, -0.25) is 4.57 Å². The van der Waals surface area contributed by atoms with E-state index >= 15 is 0 Å². The third kappa shape index (κ3) is 4.19. The highest BCUT2D eigenvalue weighted by Gasteiger charge is 1.76. The molecule has 0 aromatic carbocycles. The number of hydrogen-bond donors (Lipinski definition) is 1. The molecule has 0 spiro atoms. The number of hydrogen-bond acceptors (Lipinski definition) is 1. The molecule has 0 saturated carbocycles. The Kier molecular flexibility index (Phi) is 2.52. The summed E-state index contributed by atoms with van der Waals surface area (Å²) in [6.45, 7) is 1.68. The summed E-state index contributed by atoms with van der Waals surface area (Å²) >= 11 is 0. The summed E-state index contributed by atoms with van der Waals surface area (Å²) in [7, 11) is -2.12. The van der Waals surface area contributed by atoms with Gasteiger partial charge >= 0.3 is 0 Å². The molecule has 0 heterocycles. The Balaban J connectivity index is 2.85. The summed E-state index contributed by atoms with van der Waals surface area (Å²) in [6.07, 6.45) is 0.407. The van der Waals surface area contributed by atoms with Gasteiger partial charge in [0.25, 0.3) is 0 Å². The second-order valence-corrected chi connectivity index (χ2v) is 2.24. The molecular formula is C2H7O2P. The molecule has 1 unspecified atom stereocenters. The second kappa shape index (κ2) is 2.43. The Bertz CT molecular complexity index is 42.9. The van der Waals surface area contributed by atoms with Crippen molar-refractivity contribution in [3.8, 4) is 0 Å². The average Bonchev–Trinajstić information content (AvgIpc) is 1.38. The molecule has 0 rings (SSSR count). The van der Waals surface area contributed by atoms with Gasteiger partial charge in [0.2, 0.25) is 0 Å². The highest BCUT2D eigenvalue weighted by Crippen LogP contribution is 2.08. The topological polar surface area (TPSA) is 37.3 Å². The Morgan fingerprint density at radius 2 is 2.20 bits per heavy atom. The predicted octanol–water partition coefficient (Wildman–Crippen LogP) is 0.473. The second-order valence-electron chi connectivity index (χ2n) is 0.747. The first-order chi connectivity index (χ1) is 2.27. The van der Waals surface area contributed by atoms with E-state index in [2.05, 4.69) is 0 Å². The fraction of sp³-hybridized carbons (Fsp3) is 1.00. The highest BCUT2D eigenvalue weighted by atomic mass is 31.1. The minimum absolute atomic E-state index is 0.407. The van der Waals surface area contributed by atoms with Crippen molar-refractivity contribution in [2.45, 2.75) is 6.92 Å². The summed E-state index contributed by atoms with van der Waals surface area (Å²) in [5.74, 6) is 0. The lowest BCUT2D eigenvalue weighted by molar-refractivity contribution is 0.504. The van der Waals surface area contributed by atoms with Gasteiger partial charge in [-0.2, -0.15) is 0 Å². The van der Waals surface area contributed by atoms with Crippen molar-refractivity contribution >= 4 is 8.03 Å². The van der Waals surface area contributed by atoms with Crippen LogP contribution in [0.2, 0.25) is 0 Å². The molecule has 2 nitrogen and oxygen atoms in total. The predicted molar refractivity (Wildman–Crippen MR) is 21.8 cm³/mol. The first-order valence-corrected chi connectivity index (χ1v) is 3.05. The third-order valence-corrected chi connectivity index (χ3v) is 0.907.